The van der Waals surface area contributed by atoms with Gasteiger partial charge >= 0.3 is 0 Å². The van der Waals surface area contributed by atoms with Crippen molar-refractivity contribution >= 4 is 0 Å². The van der Waals surface area contributed by atoms with Crippen molar-refractivity contribution in [3.63, 3.8) is 0 Å². The summed E-state index contributed by atoms with van der Waals surface area (Å²) in [5.74, 6) is 0. The van der Waals surface area contributed by atoms with E-state index in [-0.39, 0.29) is 18.3 Å². The van der Waals surface area contributed by atoms with E-state index in [1.165, 1.54) is 25.7 Å². The van der Waals surface area contributed by atoms with E-state index in [2.05, 4.69) is 31.0 Å². The molecule has 2 aliphatic rings. The number of nitrogens with zero attached hydrogens (tertiary/aromatic N) is 1. The van der Waals surface area contributed by atoms with E-state index in [0.29, 0.717) is 5.41 Å². The van der Waals surface area contributed by atoms with E-state index in [9.17, 15) is 5.11 Å². The number of hydrogen-bond acceptors (Lipinski definition) is 4. The number of rotatable bonds is 6. The fraction of sp³-hybridized carbons (Fsp3) is 1.00. The van der Waals surface area contributed by atoms with E-state index in [4.69, 9.17) is 4.74 Å². The molecule has 1 aliphatic carbocycles. The molecular formula is C16H32N2O2. The minimum absolute atomic E-state index is 0.0312. The standard InChI is InChI=1S/C16H32N2O2/c1-4-17-11-16(7-5-6-8-16)13-18-9-14(10-19)20-15(2,3)12-18/h14,17,19H,4-13H2,1-3H3. The van der Waals surface area contributed by atoms with Crippen molar-refractivity contribution in [2.45, 2.75) is 58.2 Å². The van der Waals surface area contributed by atoms with Gasteiger partial charge in [0.1, 0.15) is 0 Å². The summed E-state index contributed by atoms with van der Waals surface area (Å²) in [7, 11) is 0. The van der Waals surface area contributed by atoms with E-state index in [0.717, 1.165) is 32.7 Å². The molecule has 0 spiro atoms. The quantitative estimate of drug-likeness (QED) is 0.778. The van der Waals surface area contributed by atoms with Crippen LogP contribution in [0.15, 0.2) is 0 Å². The van der Waals surface area contributed by atoms with Gasteiger partial charge in [-0.3, -0.25) is 4.90 Å². The van der Waals surface area contributed by atoms with Crippen LogP contribution in [0.4, 0.5) is 0 Å². The number of aliphatic hydroxyl groups excluding tert-OH is 1. The fourth-order valence-corrected chi connectivity index (χ4v) is 4.01. The summed E-state index contributed by atoms with van der Waals surface area (Å²) in [6.45, 7) is 11.7. The molecule has 0 bridgehead atoms. The normalized spacial score (nSPS) is 29.7. The lowest BCUT2D eigenvalue weighted by molar-refractivity contribution is -0.153. The minimum Gasteiger partial charge on any atom is -0.394 e. The van der Waals surface area contributed by atoms with E-state index in [1.54, 1.807) is 0 Å². The van der Waals surface area contributed by atoms with Crippen LogP contribution in [-0.4, -0.2) is 61.0 Å². The average molecular weight is 284 g/mol. The third kappa shape index (κ3) is 4.17. The molecule has 20 heavy (non-hydrogen) atoms. The van der Waals surface area contributed by atoms with Gasteiger partial charge in [-0.2, -0.15) is 0 Å². The van der Waals surface area contributed by atoms with Crippen LogP contribution in [0.25, 0.3) is 0 Å². The first-order chi connectivity index (χ1) is 9.49. The molecule has 1 atom stereocenters. The van der Waals surface area contributed by atoms with Gasteiger partial charge in [0.15, 0.2) is 0 Å². The summed E-state index contributed by atoms with van der Waals surface area (Å²) in [5.41, 5.74) is 0.285. The molecule has 4 heteroatoms. The minimum atomic E-state index is -0.149. The molecule has 4 nitrogen and oxygen atoms in total. The van der Waals surface area contributed by atoms with Crippen LogP contribution in [0.1, 0.15) is 46.5 Å². The second-order valence-electron chi connectivity index (χ2n) is 7.34. The molecule has 0 aromatic rings. The maximum Gasteiger partial charge on any atom is 0.0940 e. The Hall–Kier alpha value is -0.160. The molecule has 1 aliphatic heterocycles. The van der Waals surface area contributed by atoms with E-state index >= 15 is 0 Å². The molecule has 2 N–H and O–H groups in total. The van der Waals surface area contributed by atoms with Crippen molar-refractivity contribution in [2.75, 3.05) is 39.3 Å². The highest BCUT2D eigenvalue weighted by Gasteiger charge is 2.39. The second-order valence-corrected chi connectivity index (χ2v) is 7.34. The molecule has 0 aromatic carbocycles. The zero-order chi connectivity index (χ0) is 14.6. The molecule has 1 saturated carbocycles. The number of nitrogens with one attached hydrogen (secondary N) is 1. The van der Waals surface area contributed by atoms with Gasteiger partial charge in [0.05, 0.1) is 18.3 Å². The summed E-state index contributed by atoms with van der Waals surface area (Å²) < 4.78 is 5.92. The largest absolute Gasteiger partial charge is 0.394 e. The molecule has 0 radical (unpaired) electrons. The molecule has 1 heterocycles. The SMILES string of the molecule is CCNCC1(CN2CC(CO)OC(C)(C)C2)CCCC1. The van der Waals surface area contributed by atoms with Gasteiger partial charge in [-0.1, -0.05) is 19.8 Å². The Morgan fingerprint density at radius 1 is 1.30 bits per heavy atom. The fourth-order valence-electron chi connectivity index (χ4n) is 4.01. The topological polar surface area (TPSA) is 44.7 Å². The smallest absolute Gasteiger partial charge is 0.0940 e. The Kier molecular flexibility index (Phi) is 5.46. The van der Waals surface area contributed by atoms with Crippen LogP contribution in [0.5, 0.6) is 0 Å². The van der Waals surface area contributed by atoms with E-state index in [1.807, 2.05) is 0 Å². The second kappa shape index (κ2) is 6.73. The Labute approximate surface area is 123 Å². The summed E-state index contributed by atoms with van der Waals surface area (Å²) >= 11 is 0. The average Bonchev–Trinajstić information content (AvgIpc) is 2.83. The number of aliphatic hydroxyl groups is 1. The lowest BCUT2D eigenvalue weighted by atomic mass is 9.84. The lowest BCUT2D eigenvalue weighted by Gasteiger charge is -2.45. The first-order valence-corrected chi connectivity index (χ1v) is 8.20. The molecule has 2 rings (SSSR count). The molecule has 0 aromatic heterocycles. The highest BCUT2D eigenvalue weighted by Crippen LogP contribution is 2.39. The maximum atomic E-state index is 9.44. The van der Waals surface area contributed by atoms with Crippen molar-refractivity contribution in [2.24, 2.45) is 5.41 Å². The monoisotopic (exact) mass is 284 g/mol. The van der Waals surface area contributed by atoms with Crippen LogP contribution in [0.3, 0.4) is 0 Å². The molecule has 118 valence electrons. The maximum absolute atomic E-state index is 9.44. The van der Waals surface area contributed by atoms with Gasteiger partial charge in [0, 0.05) is 26.2 Å². The van der Waals surface area contributed by atoms with Crippen LogP contribution in [0.2, 0.25) is 0 Å². The summed E-state index contributed by atoms with van der Waals surface area (Å²) in [5, 5.41) is 13.0. The van der Waals surface area contributed by atoms with Crippen molar-refractivity contribution in [3.05, 3.63) is 0 Å². The van der Waals surface area contributed by atoms with Gasteiger partial charge in [-0.05, 0) is 38.6 Å². The highest BCUT2D eigenvalue weighted by molar-refractivity contribution is 4.93. The first kappa shape index (κ1) is 16.2. The Morgan fingerprint density at radius 3 is 2.60 bits per heavy atom. The third-order valence-corrected chi connectivity index (χ3v) is 4.73. The first-order valence-electron chi connectivity index (χ1n) is 8.20. The third-order valence-electron chi connectivity index (χ3n) is 4.73. The van der Waals surface area contributed by atoms with Crippen molar-refractivity contribution in [1.82, 2.24) is 10.2 Å². The Morgan fingerprint density at radius 2 is 2.00 bits per heavy atom. The number of ether oxygens (including phenoxy) is 1. The zero-order valence-electron chi connectivity index (χ0n) is 13.5. The predicted molar refractivity (Wildman–Crippen MR) is 81.9 cm³/mol. The van der Waals surface area contributed by atoms with Gasteiger partial charge < -0.3 is 15.2 Å². The molecule has 2 fully saturated rings. The predicted octanol–water partition coefficient (Wildman–Crippen LogP) is 1.63. The van der Waals surface area contributed by atoms with Gasteiger partial charge in [-0.15, -0.1) is 0 Å². The zero-order valence-corrected chi connectivity index (χ0v) is 13.5. The molecule has 1 unspecified atom stereocenters. The van der Waals surface area contributed by atoms with Crippen molar-refractivity contribution in [1.29, 1.82) is 0 Å². The lowest BCUT2D eigenvalue weighted by Crippen LogP contribution is -2.56. The van der Waals surface area contributed by atoms with Crippen LogP contribution < -0.4 is 5.32 Å². The summed E-state index contributed by atoms with van der Waals surface area (Å²) in [6, 6.07) is 0. The Bertz CT molecular complexity index is 301. The van der Waals surface area contributed by atoms with E-state index < -0.39 is 0 Å². The number of hydrogen-bond donors (Lipinski definition) is 2. The molecule has 1 saturated heterocycles. The van der Waals surface area contributed by atoms with Gasteiger partial charge in [-0.25, -0.2) is 0 Å². The van der Waals surface area contributed by atoms with Crippen LogP contribution >= 0.6 is 0 Å². The van der Waals surface area contributed by atoms with Crippen LogP contribution in [-0.2, 0) is 4.74 Å². The molecular weight excluding hydrogens is 252 g/mol. The van der Waals surface area contributed by atoms with Gasteiger partial charge in [0.2, 0.25) is 0 Å². The van der Waals surface area contributed by atoms with Crippen molar-refractivity contribution < 1.29 is 9.84 Å². The van der Waals surface area contributed by atoms with Gasteiger partial charge in [0.25, 0.3) is 0 Å². The Balaban J connectivity index is 1.98. The summed E-state index contributed by atoms with van der Waals surface area (Å²) in [6.07, 6.45) is 5.37. The number of morpholine rings is 1. The molecule has 0 amide bonds. The van der Waals surface area contributed by atoms with Crippen molar-refractivity contribution in [3.8, 4) is 0 Å². The summed E-state index contributed by atoms with van der Waals surface area (Å²) in [4.78, 5) is 2.52. The highest BCUT2D eigenvalue weighted by atomic mass is 16.5. The van der Waals surface area contributed by atoms with Crippen LogP contribution in [0, 0.1) is 5.41 Å².